The van der Waals surface area contributed by atoms with E-state index in [1.807, 2.05) is 0 Å². The number of Topliss-reactive ketones (excluding diaryl/α,β-unsaturated/α-hetero) is 1. The van der Waals surface area contributed by atoms with Gasteiger partial charge in [0.1, 0.15) is 21.5 Å². The van der Waals surface area contributed by atoms with Gasteiger partial charge in [0.15, 0.2) is 5.78 Å². The number of ketones is 1. The Morgan fingerprint density at radius 2 is 2.00 bits per heavy atom. The molecule has 1 aromatic rings. The molecule has 19 heavy (non-hydrogen) atoms. The normalized spacial score (nSPS) is 13.3. The average molecular weight is 291 g/mol. The molecule has 0 fully saturated rings. The zero-order valence-corrected chi connectivity index (χ0v) is 11.2. The highest BCUT2D eigenvalue weighted by atomic mass is 32.2. The van der Waals surface area contributed by atoms with E-state index in [0.717, 1.165) is 24.5 Å². The first-order valence-corrected chi connectivity index (χ1v) is 7.65. The van der Waals surface area contributed by atoms with Gasteiger partial charge >= 0.3 is 0 Å². The molecule has 1 unspecified atom stereocenters. The molecule has 4 nitrogen and oxygen atoms in total. The summed E-state index contributed by atoms with van der Waals surface area (Å²) in [5.74, 6) is -2.07. The first-order valence-electron chi connectivity index (χ1n) is 5.59. The molecule has 1 aromatic carbocycles. The number of nitrogens with two attached hydrogens (primary N) is 1. The molecule has 1 rings (SSSR count). The van der Waals surface area contributed by atoms with Gasteiger partial charge in [0.25, 0.3) is 0 Å². The van der Waals surface area contributed by atoms with Crippen molar-refractivity contribution in [3.05, 3.63) is 35.4 Å². The molecule has 0 spiro atoms. The highest BCUT2D eigenvalue weighted by Gasteiger charge is 2.18. The molecule has 0 aromatic heterocycles. The number of benzene rings is 1. The van der Waals surface area contributed by atoms with Crippen molar-refractivity contribution in [2.45, 2.75) is 18.9 Å². The molecule has 0 aliphatic rings. The maximum Gasteiger partial charge on any atom is 0.154 e. The summed E-state index contributed by atoms with van der Waals surface area (Å²) in [6.45, 7) is 0. The Kier molecular flexibility index (Phi) is 5.13. The topological polar surface area (TPSA) is 77.2 Å². The summed E-state index contributed by atoms with van der Waals surface area (Å²) in [5.41, 5.74) is 5.45. The standard InChI is InChI=1S/C12H15F2NO3S/c1-19(17,18)5-4-11(15)12(16)7-8-6-9(13)2-3-10(8)14/h2-3,6,11H,4-5,7,15H2,1H3. The van der Waals surface area contributed by atoms with Gasteiger partial charge in [-0.25, -0.2) is 17.2 Å². The van der Waals surface area contributed by atoms with Crippen LogP contribution in [0.25, 0.3) is 0 Å². The fourth-order valence-electron chi connectivity index (χ4n) is 1.50. The predicted octanol–water partition coefficient (Wildman–Crippen LogP) is 0.838. The molecule has 7 heteroatoms. The van der Waals surface area contributed by atoms with Crippen LogP contribution in [0.5, 0.6) is 0 Å². The third-order valence-corrected chi connectivity index (χ3v) is 3.56. The van der Waals surface area contributed by atoms with Crippen molar-refractivity contribution in [1.29, 1.82) is 0 Å². The summed E-state index contributed by atoms with van der Waals surface area (Å²) in [6, 6.07) is 1.81. The summed E-state index contributed by atoms with van der Waals surface area (Å²) in [6.07, 6.45) is 0.652. The smallest absolute Gasteiger partial charge is 0.154 e. The van der Waals surface area contributed by atoms with Crippen molar-refractivity contribution in [2.75, 3.05) is 12.0 Å². The van der Waals surface area contributed by atoms with E-state index in [2.05, 4.69) is 0 Å². The fraction of sp³-hybridized carbons (Fsp3) is 0.417. The van der Waals surface area contributed by atoms with E-state index in [0.29, 0.717) is 0 Å². The number of sulfone groups is 1. The monoisotopic (exact) mass is 291 g/mol. The van der Waals surface area contributed by atoms with Gasteiger partial charge in [0.2, 0.25) is 0 Å². The van der Waals surface area contributed by atoms with Crippen LogP contribution in [0.2, 0.25) is 0 Å². The van der Waals surface area contributed by atoms with Crippen LogP contribution in [0.3, 0.4) is 0 Å². The Balaban J connectivity index is 2.66. The lowest BCUT2D eigenvalue weighted by atomic mass is 10.0. The molecule has 0 bridgehead atoms. The molecule has 1 atom stereocenters. The van der Waals surface area contributed by atoms with E-state index in [-0.39, 0.29) is 24.2 Å². The third-order valence-electron chi connectivity index (χ3n) is 2.59. The molecular formula is C12H15F2NO3S. The maximum absolute atomic E-state index is 13.3. The highest BCUT2D eigenvalue weighted by Crippen LogP contribution is 2.11. The Bertz CT molecular complexity index is 572. The minimum Gasteiger partial charge on any atom is -0.321 e. The fourth-order valence-corrected chi connectivity index (χ4v) is 2.18. The van der Waals surface area contributed by atoms with Gasteiger partial charge in [-0.2, -0.15) is 0 Å². The van der Waals surface area contributed by atoms with Crippen LogP contribution < -0.4 is 5.73 Å². The van der Waals surface area contributed by atoms with Crippen LogP contribution in [0, 0.1) is 11.6 Å². The second-order valence-corrected chi connectivity index (χ2v) is 6.66. The SMILES string of the molecule is CS(=O)(=O)CCC(N)C(=O)Cc1cc(F)ccc1F. The van der Waals surface area contributed by atoms with Crippen LogP contribution in [0.4, 0.5) is 8.78 Å². The minimum absolute atomic E-state index is 0.0331. The van der Waals surface area contributed by atoms with Crippen LogP contribution in [0.1, 0.15) is 12.0 Å². The van der Waals surface area contributed by atoms with Gasteiger partial charge in [-0.05, 0) is 30.2 Å². The van der Waals surface area contributed by atoms with Crippen LogP contribution in [0.15, 0.2) is 18.2 Å². The number of hydrogen-bond donors (Lipinski definition) is 1. The average Bonchev–Trinajstić information content (AvgIpc) is 2.29. The summed E-state index contributed by atoms with van der Waals surface area (Å²) in [7, 11) is -3.21. The van der Waals surface area contributed by atoms with Crippen LogP contribution in [-0.2, 0) is 21.1 Å². The van der Waals surface area contributed by atoms with E-state index in [1.54, 1.807) is 0 Å². The van der Waals surface area contributed by atoms with Gasteiger partial charge in [0.05, 0.1) is 11.8 Å². The quantitative estimate of drug-likeness (QED) is 0.842. The lowest BCUT2D eigenvalue weighted by molar-refractivity contribution is -0.119. The van der Waals surface area contributed by atoms with Gasteiger partial charge in [-0.3, -0.25) is 4.79 Å². The number of carbonyl (C=O) groups excluding carboxylic acids is 1. The van der Waals surface area contributed by atoms with Crippen LogP contribution >= 0.6 is 0 Å². The molecular weight excluding hydrogens is 276 g/mol. The number of halogens is 2. The largest absolute Gasteiger partial charge is 0.321 e. The zero-order chi connectivity index (χ0) is 14.6. The third kappa shape index (κ3) is 5.44. The summed E-state index contributed by atoms with van der Waals surface area (Å²) in [5, 5.41) is 0. The molecule has 0 saturated heterocycles. The lowest BCUT2D eigenvalue weighted by Gasteiger charge is -2.10. The molecule has 0 aliphatic carbocycles. The van der Waals surface area contributed by atoms with Crippen molar-refractivity contribution in [3.8, 4) is 0 Å². The Hall–Kier alpha value is -1.34. The lowest BCUT2D eigenvalue weighted by Crippen LogP contribution is -2.33. The maximum atomic E-state index is 13.3. The van der Waals surface area contributed by atoms with E-state index in [9.17, 15) is 22.0 Å². The van der Waals surface area contributed by atoms with E-state index in [1.165, 1.54) is 0 Å². The van der Waals surface area contributed by atoms with Gasteiger partial charge in [0, 0.05) is 12.7 Å². The summed E-state index contributed by atoms with van der Waals surface area (Å²) in [4.78, 5) is 11.7. The summed E-state index contributed by atoms with van der Waals surface area (Å²) >= 11 is 0. The number of hydrogen-bond acceptors (Lipinski definition) is 4. The molecule has 106 valence electrons. The second kappa shape index (κ2) is 6.21. The highest BCUT2D eigenvalue weighted by molar-refractivity contribution is 7.90. The summed E-state index contributed by atoms with van der Waals surface area (Å²) < 4.78 is 48.1. The van der Waals surface area contributed by atoms with Crippen LogP contribution in [-0.4, -0.2) is 32.3 Å². The van der Waals surface area contributed by atoms with Crippen molar-refractivity contribution < 1.29 is 22.0 Å². The molecule has 0 saturated carbocycles. The first-order chi connectivity index (χ1) is 8.69. The zero-order valence-electron chi connectivity index (χ0n) is 10.4. The van der Waals surface area contributed by atoms with Gasteiger partial charge in [-0.1, -0.05) is 0 Å². The van der Waals surface area contributed by atoms with Crippen molar-refractivity contribution in [1.82, 2.24) is 0 Å². The predicted molar refractivity (Wildman–Crippen MR) is 67.4 cm³/mol. The molecule has 0 heterocycles. The Morgan fingerprint density at radius 1 is 1.37 bits per heavy atom. The number of rotatable bonds is 6. The Labute approximate surface area is 110 Å². The second-order valence-electron chi connectivity index (χ2n) is 4.40. The Morgan fingerprint density at radius 3 is 2.58 bits per heavy atom. The molecule has 2 N–H and O–H groups in total. The van der Waals surface area contributed by atoms with E-state index < -0.39 is 33.3 Å². The molecule has 0 amide bonds. The molecule has 0 radical (unpaired) electrons. The van der Waals surface area contributed by atoms with Crippen molar-refractivity contribution in [2.24, 2.45) is 5.73 Å². The molecule has 0 aliphatic heterocycles. The van der Waals surface area contributed by atoms with E-state index in [4.69, 9.17) is 5.73 Å². The number of carbonyl (C=O) groups is 1. The van der Waals surface area contributed by atoms with Gasteiger partial charge in [-0.15, -0.1) is 0 Å². The first kappa shape index (κ1) is 15.7. The van der Waals surface area contributed by atoms with Crippen molar-refractivity contribution >= 4 is 15.6 Å². The van der Waals surface area contributed by atoms with E-state index >= 15 is 0 Å². The minimum atomic E-state index is -3.21. The van der Waals surface area contributed by atoms with Crippen molar-refractivity contribution in [3.63, 3.8) is 0 Å². The van der Waals surface area contributed by atoms with Gasteiger partial charge < -0.3 is 5.73 Å².